The lowest BCUT2D eigenvalue weighted by molar-refractivity contribution is -0.116. The molecule has 0 radical (unpaired) electrons. The van der Waals surface area contributed by atoms with Crippen LogP contribution in [0.1, 0.15) is 5.56 Å². The molecule has 0 spiro atoms. The Kier molecular flexibility index (Phi) is 8.20. The second kappa shape index (κ2) is 10.9. The van der Waals surface area contributed by atoms with Crippen LogP contribution in [0.15, 0.2) is 71.6 Å². The maximum absolute atomic E-state index is 13.5. The first kappa shape index (κ1) is 24.9. The fraction of sp³-hybridized carbons (Fsp3) is 0.174. The van der Waals surface area contributed by atoms with Gasteiger partial charge < -0.3 is 14.8 Å². The summed E-state index contributed by atoms with van der Waals surface area (Å²) in [5, 5.41) is 3.21. The van der Waals surface area contributed by atoms with Crippen LogP contribution in [0.3, 0.4) is 0 Å². The fourth-order valence-electron chi connectivity index (χ4n) is 3.10. The van der Waals surface area contributed by atoms with Crippen molar-refractivity contribution in [1.29, 1.82) is 0 Å². The van der Waals surface area contributed by atoms with Crippen LogP contribution in [0.2, 0.25) is 10.0 Å². The van der Waals surface area contributed by atoms with E-state index in [-0.39, 0.29) is 16.5 Å². The monoisotopic (exact) mass is 508 g/mol. The highest BCUT2D eigenvalue weighted by Gasteiger charge is 2.28. The van der Waals surface area contributed by atoms with E-state index in [1.54, 1.807) is 36.4 Å². The van der Waals surface area contributed by atoms with E-state index in [2.05, 4.69) is 5.32 Å². The van der Waals surface area contributed by atoms with Crippen LogP contribution in [0.5, 0.6) is 11.5 Å². The van der Waals surface area contributed by atoms with E-state index in [0.717, 1.165) is 4.31 Å². The quantitative estimate of drug-likeness (QED) is 0.446. The Morgan fingerprint density at radius 2 is 1.61 bits per heavy atom. The summed E-state index contributed by atoms with van der Waals surface area (Å²) < 4.78 is 38.3. The average molecular weight is 509 g/mol. The van der Waals surface area contributed by atoms with Gasteiger partial charge in [0.15, 0.2) is 0 Å². The maximum Gasteiger partial charge on any atom is 0.243 e. The first-order chi connectivity index (χ1) is 15.7. The molecule has 0 aliphatic rings. The normalized spacial score (nSPS) is 11.3. The van der Waals surface area contributed by atoms with E-state index in [9.17, 15) is 13.2 Å². The lowest BCUT2D eigenvalue weighted by atomic mass is 10.2. The van der Waals surface area contributed by atoms with Gasteiger partial charge in [-0.3, -0.25) is 4.79 Å². The molecule has 0 aliphatic carbocycles. The minimum Gasteiger partial charge on any atom is -0.495 e. The Bertz CT molecular complexity index is 1240. The number of nitrogens with zero attached hydrogens (tertiary/aromatic N) is 1. The molecule has 3 rings (SSSR count). The first-order valence-corrected chi connectivity index (χ1v) is 11.9. The summed E-state index contributed by atoms with van der Waals surface area (Å²) in [5.74, 6) is 0.179. The maximum atomic E-state index is 13.5. The highest BCUT2D eigenvalue weighted by Crippen LogP contribution is 2.30. The van der Waals surface area contributed by atoms with Crippen molar-refractivity contribution in [1.82, 2.24) is 4.31 Å². The Morgan fingerprint density at radius 3 is 2.24 bits per heavy atom. The number of sulfonamides is 1. The number of amides is 1. The fourth-order valence-corrected chi connectivity index (χ4v) is 5.00. The molecule has 3 aromatic carbocycles. The third-order valence-corrected chi connectivity index (χ3v) is 7.04. The molecule has 1 N–H and O–H groups in total. The molecule has 0 atom stereocenters. The van der Waals surface area contributed by atoms with Crippen LogP contribution in [0.4, 0.5) is 5.69 Å². The van der Waals surface area contributed by atoms with E-state index in [0.29, 0.717) is 27.8 Å². The van der Waals surface area contributed by atoms with E-state index in [4.69, 9.17) is 32.7 Å². The molecule has 33 heavy (non-hydrogen) atoms. The second-order valence-corrected chi connectivity index (χ2v) is 9.73. The highest BCUT2D eigenvalue weighted by molar-refractivity contribution is 7.89. The number of nitrogens with one attached hydrogen (secondary N) is 1. The predicted octanol–water partition coefficient (Wildman–Crippen LogP) is 4.84. The molecular formula is C23H22Cl2N2O5S. The Balaban J connectivity index is 1.92. The lowest BCUT2D eigenvalue weighted by Crippen LogP contribution is -2.37. The van der Waals surface area contributed by atoms with Gasteiger partial charge in [-0.2, -0.15) is 4.31 Å². The smallest absolute Gasteiger partial charge is 0.243 e. The molecule has 0 fully saturated rings. The second-order valence-electron chi connectivity index (χ2n) is 6.95. The number of carbonyl (C=O) groups is 1. The highest BCUT2D eigenvalue weighted by atomic mass is 35.5. The number of hydrogen-bond donors (Lipinski definition) is 1. The Hall–Kier alpha value is -2.78. The van der Waals surface area contributed by atoms with Crippen molar-refractivity contribution in [3.63, 3.8) is 0 Å². The van der Waals surface area contributed by atoms with E-state index < -0.39 is 22.5 Å². The van der Waals surface area contributed by atoms with Crippen LogP contribution in [-0.4, -0.2) is 39.4 Å². The topological polar surface area (TPSA) is 84.9 Å². The number of halogens is 2. The van der Waals surface area contributed by atoms with Crippen LogP contribution < -0.4 is 14.8 Å². The summed E-state index contributed by atoms with van der Waals surface area (Å²) in [6, 6.07) is 17.9. The number of benzene rings is 3. The minimum absolute atomic E-state index is 0.0209. The first-order valence-electron chi connectivity index (χ1n) is 9.75. The average Bonchev–Trinajstić information content (AvgIpc) is 2.79. The standard InChI is InChI=1S/C23H22Cl2N2O5S/c1-31-21-11-9-18(13-19(21)25)33(29,30)27(14-16-6-4-3-5-7-16)15-23(28)26-20-12-17(24)8-10-22(20)32-2/h3-13H,14-15H2,1-2H3,(H,26,28). The van der Waals surface area contributed by atoms with Crippen molar-refractivity contribution in [2.24, 2.45) is 0 Å². The summed E-state index contributed by atoms with van der Waals surface area (Å²) in [5.41, 5.74) is 1.05. The summed E-state index contributed by atoms with van der Waals surface area (Å²) in [7, 11) is -1.19. The molecule has 0 bridgehead atoms. The largest absolute Gasteiger partial charge is 0.495 e. The minimum atomic E-state index is -4.08. The number of ether oxygens (including phenoxy) is 2. The van der Waals surface area contributed by atoms with Crippen LogP contribution in [0, 0.1) is 0 Å². The summed E-state index contributed by atoms with van der Waals surface area (Å²) in [6.07, 6.45) is 0. The van der Waals surface area contributed by atoms with Gasteiger partial charge in [0.1, 0.15) is 11.5 Å². The van der Waals surface area contributed by atoms with Crippen molar-refractivity contribution in [2.45, 2.75) is 11.4 Å². The third-order valence-electron chi connectivity index (χ3n) is 4.72. The summed E-state index contributed by atoms with van der Waals surface area (Å²) in [6.45, 7) is -0.469. The molecule has 0 aliphatic heterocycles. The number of methoxy groups -OCH3 is 2. The molecule has 0 saturated carbocycles. The molecule has 7 nitrogen and oxygen atoms in total. The molecule has 10 heteroatoms. The zero-order chi connectivity index (χ0) is 24.0. The molecule has 0 saturated heterocycles. The van der Waals surface area contributed by atoms with Gasteiger partial charge >= 0.3 is 0 Å². The molecule has 0 unspecified atom stereocenters. The van der Waals surface area contributed by atoms with Crippen LogP contribution in [-0.2, 0) is 21.4 Å². The Labute approximate surface area is 202 Å². The SMILES string of the molecule is COc1ccc(S(=O)(=O)N(CC(=O)Nc2cc(Cl)ccc2OC)Cc2ccccc2)cc1Cl. The van der Waals surface area contributed by atoms with Gasteiger partial charge in [0.2, 0.25) is 15.9 Å². The van der Waals surface area contributed by atoms with Crippen molar-refractivity contribution < 1.29 is 22.7 Å². The van der Waals surface area contributed by atoms with Gasteiger partial charge in [-0.25, -0.2) is 8.42 Å². The van der Waals surface area contributed by atoms with Gasteiger partial charge in [0, 0.05) is 11.6 Å². The van der Waals surface area contributed by atoms with Gasteiger partial charge in [0.05, 0.1) is 36.4 Å². The van der Waals surface area contributed by atoms with Crippen molar-refractivity contribution in [3.05, 3.63) is 82.3 Å². The molecule has 3 aromatic rings. The number of carbonyl (C=O) groups excluding carboxylic acids is 1. The van der Waals surface area contributed by atoms with Crippen molar-refractivity contribution >= 4 is 44.8 Å². The lowest BCUT2D eigenvalue weighted by Gasteiger charge is -2.22. The molecular weight excluding hydrogens is 487 g/mol. The Morgan fingerprint density at radius 1 is 0.939 bits per heavy atom. The van der Waals surface area contributed by atoms with Gasteiger partial charge in [-0.15, -0.1) is 0 Å². The van der Waals surface area contributed by atoms with E-state index >= 15 is 0 Å². The summed E-state index contributed by atoms with van der Waals surface area (Å²) >= 11 is 12.2. The number of rotatable bonds is 9. The number of anilines is 1. The third kappa shape index (κ3) is 6.17. The molecule has 1 amide bonds. The number of hydrogen-bond acceptors (Lipinski definition) is 5. The van der Waals surface area contributed by atoms with Crippen molar-refractivity contribution in [2.75, 3.05) is 26.1 Å². The predicted molar refractivity (Wildman–Crippen MR) is 129 cm³/mol. The molecule has 0 heterocycles. The zero-order valence-electron chi connectivity index (χ0n) is 17.9. The van der Waals surface area contributed by atoms with Crippen LogP contribution in [0.25, 0.3) is 0 Å². The van der Waals surface area contributed by atoms with E-state index in [1.165, 1.54) is 38.5 Å². The summed E-state index contributed by atoms with van der Waals surface area (Å²) in [4.78, 5) is 12.8. The van der Waals surface area contributed by atoms with Crippen LogP contribution >= 0.6 is 23.2 Å². The molecule has 174 valence electrons. The van der Waals surface area contributed by atoms with Gasteiger partial charge in [0.25, 0.3) is 0 Å². The van der Waals surface area contributed by atoms with Gasteiger partial charge in [-0.05, 0) is 42.0 Å². The molecule has 0 aromatic heterocycles. The zero-order valence-corrected chi connectivity index (χ0v) is 20.2. The van der Waals surface area contributed by atoms with Gasteiger partial charge in [-0.1, -0.05) is 53.5 Å². The van der Waals surface area contributed by atoms with E-state index in [1.807, 2.05) is 6.07 Å². The van der Waals surface area contributed by atoms with Crippen molar-refractivity contribution in [3.8, 4) is 11.5 Å².